The summed E-state index contributed by atoms with van der Waals surface area (Å²) < 4.78 is 12.0. The minimum Gasteiger partial charge on any atom is -0.490 e. The molecule has 6 nitrogen and oxygen atoms in total. The third-order valence-corrected chi connectivity index (χ3v) is 6.64. The van der Waals surface area contributed by atoms with Crippen molar-refractivity contribution in [3.63, 3.8) is 0 Å². The smallest absolute Gasteiger partial charge is 0.327 e. The van der Waals surface area contributed by atoms with Crippen LogP contribution in [-0.4, -0.2) is 45.5 Å². The number of amides is 1. The number of unbranched alkanes of at least 4 members (excludes halogenated alkanes) is 5. The summed E-state index contributed by atoms with van der Waals surface area (Å²) in [6.07, 6.45) is 8.89. The van der Waals surface area contributed by atoms with Crippen molar-refractivity contribution in [3.05, 3.63) is 28.7 Å². The Morgan fingerprint density at radius 3 is 2.45 bits per heavy atom. The number of ether oxygens (including phenoxy) is 2. The summed E-state index contributed by atoms with van der Waals surface area (Å²) in [6.45, 7) is 8.78. The zero-order valence-corrected chi connectivity index (χ0v) is 21.6. The van der Waals surface area contributed by atoms with Gasteiger partial charge in [0.15, 0.2) is 11.5 Å². The lowest BCUT2D eigenvalue weighted by Gasteiger charge is -2.26. The highest BCUT2D eigenvalue weighted by Crippen LogP contribution is 2.37. The maximum Gasteiger partial charge on any atom is 0.327 e. The number of carboxylic acids is 1. The van der Waals surface area contributed by atoms with Crippen molar-refractivity contribution in [3.8, 4) is 11.5 Å². The molecule has 182 valence electrons. The Morgan fingerprint density at radius 2 is 1.82 bits per heavy atom. The molecule has 0 unspecified atom stereocenters. The normalized spacial score (nSPS) is 16.0. The molecule has 1 aromatic rings. The number of aliphatic carboxylic acids is 1. The van der Waals surface area contributed by atoms with E-state index >= 15 is 0 Å². The molecule has 33 heavy (non-hydrogen) atoms. The molecule has 1 aliphatic heterocycles. The second-order valence-corrected chi connectivity index (χ2v) is 10.0. The van der Waals surface area contributed by atoms with Gasteiger partial charge in [-0.15, -0.1) is 0 Å². The zero-order chi connectivity index (χ0) is 24.4. The lowest BCUT2D eigenvalue weighted by atomic mass is 10.0. The first kappa shape index (κ1) is 27.2. The molecule has 1 atom stereocenters. The van der Waals surface area contributed by atoms with Crippen LogP contribution < -0.4 is 9.47 Å². The number of nitrogens with zero attached hydrogens (tertiary/aromatic N) is 1. The van der Waals surface area contributed by atoms with E-state index in [9.17, 15) is 14.7 Å². The van der Waals surface area contributed by atoms with Crippen molar-refractivity contribution < 1.29 is 24.2 Å². The van der Waals surface area contributed by atoms with Crippen LogP contribution >= 0.6 is 24.0 Å². The minimum absolute atomic E-state index is 0.260. The number of thiocarbonyl (C=S) groups is 1. The average Bonchev–Trinajstić information content (AvgIpc) is 3.02. The molecule has 8 heteroatoms. The monoisotopic (exact) mass is 493 g/mol. The van der Waals surface area contributed by atoms with Crippen LogP contribution in [0.1, 0.15) is 71.8 Å². The Kier molecular flexibility index (Phi) is 11.2. The van der Waals surface area contributed by atoms with E-state index in [4.69, 9.17) is 21.7 Å². The van der Waals surface area contributed by atoms with Crippen LogP contribution in [0.5, 0.6) is 11.5 Å². The summed E-state index contributed by atoms with van der Waals surface area (Å²) >= 11 is 6.45. The highest BCUT2D eigenvalue weighted by Gasteiger charge is 2.41. The van der Waals surface area contributed by atoms with E-state index in [-0.39, 0.29) is 16.1 Å². The first-order valence-electron chi connectivity index (χ1n) is 11.7. The highest BCUT2D eigenvalue weighted by molar-refractivity contribution is 8.26. The van der Waals surface area contributed by atoms with Crippen molar-refractivity contribution in [2.45, 2.75) is 72.3 Å². The fourth-order valence-electron chi connectivity index (χ4n) is 3.63. The molecule has 0 saturated carbocycles. The Bertz CT molecular complexity index is 868. The van der Waals surface area contributed by atoms with Crippen molar-refractivity contribution >= 4 is 46.3 Å². The first-order valence-corrected chi connectivity index (χ1v) is 12.9. The van der Waals surface area contributed by atoms with Crippen LogP contribution in [0.4, 0.5) is 0 Å². The van der Waals surface area contributed by atoms with E-state index in [2.05, 4.69) is 6.92 Å². The van der Waals surface area contributed by atoms with Crippen molar-refractivity contribution in [2.24, 2.45) is 5.92 Å². The summed E-state index contributed by atoms with van der Waals surface area (Å²) in [5.41, 5.74) is 0.766. The van der Waals surface area contributed by atoms with E-state index in [1.54, 1.807) is 19.9 Å². The van der Waals surface area contributed by atoms with E-state index in [0.717, 1.165) is 30.2 Å². The number of carbonyl (C=O) groups excluding carboxylic acids is 1. The number of hydrogen-bond donors (Lipinski definition) is 1. The Morgan fingerprint density at radius 1 is 1.12 bits per heavy atom. The third-order valence-electron chi connectivity index (χ3n) is 5.31. The predicted octanol–water partition coefficient (Wildman–Crippen LogP) is 6.14. The maximum absolute atomic E-state index is 12.9. The van der Waals surface area contributed by atoms with Gasteiger partial charge in [0.25, 0.3) is 5.91 Å². The van der Waals surface area contributed by atoms with Crippen LogP contribution in [0.3, 0.4) is 0 Å². The van der Waals surface area contributed by atoms with Gasteiger partial charge >= 0.3 is 5.97 Å². The summed E-state index contributed by atoms with van der Waals surface area (Å²) in [7, 11) is 0. The van der Waals surface area contributed by atoms with Gasteiger partial charge in [0.1, 0.15) is 10.4 Å². The van der Waals surface area contributed by atoms with E-state index in [0.29, 0.717) is 29.6 Å². The largest absolute Gasteiger partial charge is 0.490 e. The fourth-order valence-corrected chi connectivity index (χ4v) is 4.96. The van der Waals surface area contributed by atoms with Crippen molar-refractivity contribution in [1.82, 2.24) is 4.90 Å². The highest BCUT2D eigenvalue weighted by atomic mass is 32.2. The van der Waals surface area contributed by atoms with Crippen molar-refractivity contribution in [1.29, 1.82) is 0 Å². The number of hydrogen-bond acceptors (Lipinski definition) is 6. The molecule has 1 aliphatic rings. The Balaban J connectivity index is 2.11. The molecule has 2 rings (SSSR count). The lowest BCUT2D eigenvalue weighted by Crippen LogP contribution is -2.47. The molecule has 1 amide bonds. The summed E-state index contributed by atoms with van der Waals surface area (Å²) in [6, 6.07) is 4.56. The van der Waals surface area contributed by atoms with Crippen LogP contribution in [0.2, 0.25) is 0 Å². The SMILES string of the molecule is CCCCCCCCOc1ccc(/C=C2/SC(=S)N([C@@H](C(=O)O)C(C)C)C2=O)cc1OCC. The fraction of sp³-hybridized carbons (Fsp3) is 0.560. The quantitative estimate of drug-likeness (QED) is 0.190. The molecule has 1 saturated heterocycles. The molecular weight excluding hydrogens is 458 g/mol. The Hall–Kier alpha value is -2.06. The lowest BCUT2D eigenvalue weighted by molar-refractivity contribution is -0.146. The van der Waals surface area contributed by atoms with Gasteiger partial charge in [-0.25, -0.2) is 4.79 Å². The predicted molar refractivity (Wildman–Crippen MR) is 138 cm³/mol. The van der Waals surface area contributed by atoms with Gasteiger partial charge < -0.3 is 14.6 Å². The topological polar surface area (TPSA) is 76.1 Å². The first-order chi connectivity index (χ1) is 15.8. The van der Waals surface area contributed by atoms with Gasteiger partial charge in [0, 0.05) is 0 Å². The molecule has 1 N–H and O–H groups in total. The molecule has 1 aromatic carbocycles. The van der Waals surface area contributed by atoms with Gasteiger partial charge in [0.2, 0.25) is 0 Å². The van der Waals surface area contributed by atoms with Crippen molar-refractivity contribution in [2.75, 3.05) is 13.2 Å². The van der Waals surface area contributed by atoms with E-state index < -0.39 is 12.0 Å². The number of carbonyl (C=O) groups is 2. The zero-order valence-electron chi connectivity index (χ0n) is 20.0. The second-order valence-electron chi connectivity index (χ2n) is 8.33. The van der Waals surface area contributed by atoms with Gasteiger partial charge in [-0.2, -0.15) is 0 Å². The maximum atomic E-state index is 12.9. The van der Waals surface area contributed by atoms with Crippen LogP contribution in [0.15, 0.2) is 23.1 Å². The van der Waals surface area contributed by atoms with Gasteiger partial charge in [-0.1, -0.05) is 82.9 Å². The average molecular weight is 494 g/mol. The number of benzene rings is 1. The standard InChI is InChI=1S/C25H35NO5S2/c1-5-7-8-9-10-11-14-31-19-13-12-18(15-20(19)30-6-2)16-21-23(27)26(25(32)33-21)22(17(3)4)24(28)29/h12-13,15-17,22H,5-11,14H2,1-4H3,(H,28,29)/b21-16+/t22-/m1/s1. The molecule has 1 heterocycles. The molecule has 0 bridgehead atoms. The molecule has 0 spiro atoms. The molecular formula is C25H35NO5S2. The van der Waals surface area contributed by atoms with Crippen LogP contribution in [-0.2, 0) is 9.59 Å². The molecule has 0 aromatic heterocycles. The third kappa shape index (κ3) is 7.74. The summed E-state index contributed by atoms with van der Waals surface area (Å²) in [5.74, 6) is -0.406. The second kappa shape index (κ2) is 13.6. The van der Waals surface area contributed by atoms with Crippen LogP contribution in [0.25, 0.3) is 6.08 Å². The van der Waals surface area contributed by atoms with Gasteiger partial charge in [-0.05, 0) is 43.0 Å². The summed E-state index contributed by atoms with van der Waals surface area (Å²) in [4.78, 5) is 26.3. The summed E-state index contributed by atoms with van der Waals surface area (Å²) in [5, 5.41) is 9.57. The van der Waals surface area contributed by atoms with E-state index in [1.807, 2.05) is 25.1 Å². The number of carboxylic acid groups (broad SMARTS) is 1. The molecule has 0 aliphatic carbocycles. The molecule has 1 fully saturated rings. The van der Waals surface area contributed by atoms with Gasteiger partial charge in [0.05, 0.1) is 18.1 Å². The Labute approximate surface area is 206 Å². The minimum atomic E-state index is -1.06. The number of rotatable bonds is 14. The molecule has 0 radical (unpaired) electrons. The van der Waals surface area contributed by atoms with Gasteiger partial charge in [-0.3, -0.25) is 9.69 Å². The number of thioether (sulfide) groups is 1. The van der Waals surface area contributed by atoms with Crippen LogP contribution in [0, 0.1) is 5.92 Å². The van der Waals surface area contributed by atoms with E-state index in [1.165, 1.54) is 30.6 Å².